The lowest BCUT2D eigenvalue weighted by Crippen LogP contribution is -2.56. The Bertz CT molecular complexity index is 1500. The van der Waals surface area contributed by atoms with E-state index in [4.69, 9.17) is 9.47 Å². The molecule has 3 saturated heterocycles. The van der Waals surface area contributed by atoms with Gasteiger partial charge in [0.05, 0.1) is 31.4 Å². The molecule has 3 aromatic rings. The summed E-state index contributed by atoms with van der Waals surface area (Å²) in [5, 5.41) is 22.7. The molecule has 0 saturated carbocycles. The van der Waals surface area contributed by atoms with E-state index in [-0.39, 0.29) is 30.8 Å². The first-order valence-electron chi connectivity index (χ1n) is 15.0. The molecule has 12 heteroatoms. The van der Waals surface area contributed by atoms with Gasteiger partial charge in [-0.15, -0.1) is 0 Å². The third-order valence-corrected chi connectivity index (χ3v) is 8.40. The number of aliphatic hydroxyl groups is 1. The molecule has 0 unspecified atom stereocenters. The third kappa shape index (κ3) is 6.60. The molecule has 2 aromatic carbocycles. The van der Waals surface area contributed by atoms with E-state index in [2.05, 4.69) is 43.3 Å². The van der Waals surface area contributed by atoms with Gasteiger partial charge < -0.3 is 29.7 Å². The van der Waals surface area contributed by atoms with Crippen LogP contribution in [0.15, 0.2) is 54.7 Å². The van der Waals surface area contributed by atoms with Crippen LogP contribution in [0, 0.1) is 11.3 Å². The van der Waals surface area contributed by atoms with Gasteiger partial charge in [-0.05, 0) is 55.5 Å². The maximum absolute atomic E-state index is 14.9. The van der Waals surface area contributed by atoms with Crippen molar-refractivity contribution in [3.05, 3.63) is 60.3 Å². The van der Waals surface area contributed by atoms with Gasteiger partial charge in [0.2, 0.25) is 0 Å². The van der Waals surface area contributed by atoms with E-state index >= 15 is 0 Å². The number of anilines is 3. The molecule has 3 atom stereocenters. The molecule has 4 heterocycles. The summed E-state index contributed by atoms with van der Waals surface area (Å²) in [6.45, 7) is 7.22. The first-order valence-corrected chi connectivity index (χ1v) is 15.0. The van der Waals surface area contributed by atoms with Crippen molar-refractivity contribution in [3.8, 4) is 23.2 Å². The number of hydrogen-bond donors (Lipinski definition) is 2. The van der Waals surface area contributed by atoms with Crippen molar-refractivity contribution in [2.24, 2.45) is 0 Å². The predicted molar refractivity (Wildman–Crippen MR) is 162 cm³/mol. The number of amides is 1. The van der Waals surface area contributed by atoms with Crippen LogP contribution in [0.25, 0.3) is 11.4 Å². The third-order valence-electron chi connectivity index (χ3n) is 8.40. The highest BCUT2D eigenvalue weighted by atomic mass is 19.1. The molecule has 6 rings (SSSR count). The summed E-state index contributed by atoms with van der Waals surface area (Å²) in [4.78, 5) is 27.3. The molecule has 1 amide bonds. The topological polar surface area (TPSA) is 127 Å². The van der Waals surface area contributed by atoms with Crippen molar-refractivity contribution in [2.45, 2.75) is 37.8 Å². The molecule has 2 N–H and O–H groups in total. The maximum Gasteiger partial charge on any atom is 0.251 e. The van der Waals surface area contributed by atoms with Crippen LogP contribution >= 0.6 is 0 Å². The summed E-state index contributed by atoms with van der Waals surface area (Å²) < 4.78 is 26.1. The lowest BCUT2D eigenvalue weighted by Gasteiger charge is -2.43. The number of carbonyl (C=O) groups excluding carboxylic acids is 1. The lowest BCUT2D eigenvalue weighted by atomic mass is 10.0. The van der Waals surface area contributed by atoms with Crippen LogP contribution in [0.4, 0.5) is 21.6 Å². The number of ether oxygens (including phenoxy) is 2. The lowest BCUT2D eigenvalue weighted by molar-refractivity contribution is -0.143. The van der Waals surface area contributed by atoms with Crippen molar-refractivity contribution < 1.29 is 23.8 Å². The summed E-state index contributed by atoms with van der Waals surface area (Å²) >= 11 is 0. The van der Waals surface area contributed by atoms with E-state index < -0.39 is 24.3 Å². The van der Waals surface area contributed by atoms with Crippen molar-refractivity contribution >= 4 is 23.1 Å². The van der Waals surface area contributed by atoms with Gasteiger partial charge in [-0.25, -0.2) is 14.4 Å². The number of nitrogens with one attached hydrogen (secondary N) is 1. The molecule has 0 radical (unpaired) electrons. The zero-order chi connectivity index (χ0) is 30.6. The first kappa shape index (κ1) is 29.7. The number of benzene rings is 2. The van der Waals surface area contributed by atoms with Gasteiger partial charge in [-0.1, -0.05) is 0 Å². The number of aromatic nitrogens is 2. The average molecular weight is 602 g/mol. The van der Waals surface area contributed by atoms with Gasteiger partial charge in [0, 0.05) is 62.3 Å². The molecule has 44 heavy (non-hydrogen) atoms. The Balaban J connectivity index is 1.07. The van der Waals surface area contributed by atoms with Crippen LogP contribution in [0.2, 0.25) is 0 Å². The number of halogens is 1. The van der Waals surface area contributed by atoms with Gasteiger partial charge in [0.1, 0.15) is 29.8 Å². The van der Waals surface area contributed by atoms with E-state index in [1.807, 2.05) is 12.1 Å². The van der Waals surface area contributed by atoms with Gasteiger partial charge in [0.25, 0.3) is 5.91 Å². The number of carbonyl (C=O) groups is 1. The Labute approximate surface area is 255 Å². The van der Waals surface area contributed by atoms with Gasteiger partial charge in [0.15, 0.2) is 12.0 Å². The number of likely N-dealkylation sites (tertiary alicyclic amines) is 1. The summed E-state index contributed by atoms with van der Waals surface area (Å²) in [5.41, 5.74) is 2.94. The van der Waals surface area contributed by atoms with E-state index in [1.165, 1.54) is 17.5 Å². The molecule has 11 nitrogen and oxygen atoms in total. The normalized spacial score (nSPS) is 21.7. The van der Waals surface area contributed by atoms with Crippen molar-refractivity contribution in [1.29, 1.82) is 5.26 Å². The van der Waals surface area contributed by atoms with Gasteiger partial charge in [-0.2, -0.15) is 5.26 Å². The molecule has 0 aliphatic carbocycles. The van der Waals surface area contributed by atoms with Crippen LogP contribution in [-0.4, -0.2) is 108 Å². The quantitative estimate of drug-likeness (QED) is 0.398. The van der Waals surface area contributed by atoms with Crippen LogP contribution in [-0.2, 0) is 9.53 Å². The summed E-state index contributed by atoms with van der Waals surface area (Å²) in [6, 6.07) is 17.8. The highest BCUT2D eigenvalue weighted by Gasteiger charge is 2.34. The second-order valence-electron chi connectivity index (χ2n) is 11.4. The fraction of sp³-hybridized carbons (Fsp3) is 0.438. The smallest absolute Gasteiger partial charge is 0.251 e. The van der Waals surface area contributed by atoms with Gasteiger partial charge >= 0.3 is 0 Å². The molecule has 3 fully saturated rings. The minimum absolute atomic E-state index is 0.168. The molecular formula is C32H36FN7O4. The zero-order valence-corrected chi connectivity index (χ0v) is 24.6. The Morgan fingerprint density at radius 2 is 1.91 bits per heavy atom. The second kappa shape index (κ2) is 13.1. The highest BCUT2D eigenvalue weighted by molar-refractivity contribution is 5.80. The van der Waals surface area contributed by atoms with Crippen LogP contribution in [0.3, 0.4) is 0 Å². The maximum atomic E-state index is 14.9. The number of alkyl halides is 1. The Morgan fingerprint density at radius 3 is 2.57 bits per heavy atom. The highest BCUT2D eigenvalue weighted by Crippen LogP contribution is 2.29. The van der Waals surface area contributed by atoms with E-state index in [0.29, 0.717) is 23.2 Å². The molecule has 3 aliphatic heterocycles. The molecule has 3 aliphatic rings. The Morgan fingerprint density at radius 1 is 1.14 bits per heavy atom. The van der Waals surface area contributed by atoms with E-state index in [9.17, 15) is 19.6 Å². The van der Waals surface area contributed by atoms with E-state index in [1.54, 1.807) is 30.5 Å². The van der Waals surface area contributed by atoms with Crippen LogP contribution in [0.1, 0.15) is 18.9 Å². The minimum Gasteiger partial charge on any atom is -0.486 e. The fourth-order valence-electron chi connectivity index (χ4n) is 5.75. The number of rotatable bonds is 8. The summed E-state index contributed by atoms with van der Waals surface area (Å²) in [7, 11) is 0. The number of nitrogens with zero attached hydrogens (tertiary/aromatic N) is 6. The number of aliphatic hydroxyl groups excluding tert-OH is 1. The molecule has 230 valence electrons. The van der Waals surface area contributed by atoms with Crippen molar-refractivity contribution in [3.63, 3.8) is 0 Å². The average Bonchev–Trinajstić information content (AvgIpc) is 3.02. The standard InChI is InChI=1S/C32H36FN7O4/c1-21(41)32(42)40-11-9-29(27(33)18-40)44-28-7-2-22(16-23(28)17-34)31-35-10-8-30(37-31)36-24-3-5-25(6-4-24)38-12-14-39(15-13-38)26-19-43-20-26/h2-8,10,16,21,26-27,29,41H,9,11-15,18-20H2,1H3,(H,35,36,37)/t21-,27-,29+/m1/s1. The predicted octanol–water partition coefficient (Wildman–Crippen LogP) is 2.98. The summed E-state index contributed by atoms with van der Waals surface area (Å²) in [5.74, 6) is 0.785. The second-order valence-corrected chi connectivity index (χ2v) is 11.4. The Kier molecular flexibility index (Phi) is 8.88. The molecule has 0 spiro atoms. The van der Waals surface area contributed by atoms with Crippen LogP contribution < -0.4 is 15.0 Å². The SMILES string of the molecule is C[C@@H](O)C(=O)N1CC[C@H](Oc2ccc(-c3nccc(Nc4ccc(N5CCN(C6COC6)CC5)cc4)n3)cc2C#N)[C@H](F)C1. The minimum atomic E-state index is -1.45. The first-order chi connectivity index (χ1) is 21.4. The van der Waals surface area contributed by atoms with Crippen molar-refractivity contribution in [2.75, 3.05) is 62.7 Å². The van der Waals surface area contributed by atoms with Crippen LogP contribution in [0.5, 0.6) is 5.75 Å². The van der Waals surface area contributed by atoms with Gasteiger partial charge in [-0.3, -0.25) is 9.69 Å². The number of piperazine rings is 1. The number of piperidine rings is 1. The molecular weight excluding hydrogens is 565 g/mol. The fourth-order valence-corrected chi connectivity index (χ4v) is 5.75. The monoisotopic (exact) mass is 601 g/mol. The molecule has 0 bridgehead atoms. The molecule has 1 aromatic heterocycles. The largest absolute Gasteiger partial charge is 0.486 e. The number of hydrogen-bond acceptors (Lipinski definition) is 10. The van der Waals surface area contributed by atoms with E-state index in [0.717, 1.165) is 45.1 Å². The van der Waals surface area contributed by atoms with Crippen molar-refractivity contribution in [1.82, 2.24) is 19.8 Å². The summed E-state index contributed by atoms with van der Waals surface area (Å²) in [6.07, 6.45) is -1.54. The zero-order valence-electron chi connectivity index (χ0n) is 24.6. The Hall–Kier alpha value is -4.31. The number of nitriles is 1.